The molecule has 2 aromatic carbocycles. The molecule has 0 spiro atoms. The standard InChI is InChI=1S/C37H45Cl2N5O3/c1-24-6-10-32(19-34(24)39)43(36(46)28-12-16-41(17-13-28)27(4)45)15-5-14-40-20-29-22-42(23-30(29)21-40)37(47)33-18-31(38)9-11-35(33)44-25(2)7-8-26(44)3/h6-11,18-19,28-30H,5,12-17,20-23H2,1-4H3. The number of hydrogen-bond donors (Lipinski definition) is 0. The summed E-state index contributed by atoms with van der Waals surface area (Å²) in [6, 6.07) is 15.6. The highest BCUT2D eigenvalue weighted by atomic mass is 35.5. The summed E-state index contributed by atoms with van der Waals surface area (Å²) in [5.74, 6) is 0.971. The number of benzene rings is 2. The van der Waals surface area contributed by atoms with E-state index in [0.717, 1.165) is 67.5 Å². The Hall–Kier alpha value is -3.33. The lowest BCUT2D eigenvalue weighted by molar-refractivity contribution is -0.133. The van der Waals surface area contributed by atoms with Gasteiger partial charge in [0.25, 0.3) is 5.91 Å². The Morgan fingerprint density at radius 3 is 2.11 bits per heavy atom. The monoisotopic (exact) mass is 677 g/mol. The molecule has 3 amide bonds. The molecule has 6 rings (SSSR count). The van der Waals surface area contributed by atoms with Gasteiger partial charge in [0.2, 0.25) is 11.8 Å². The molecule has 0 saturated carbocycles. The zero-order chi connectivity index (χ0) is 33.4. The molecule has 2 unspecified atom stereocenters. The Morgan fingerprint density at radius 2 is 1.49 bits per heavy atom. The number of amides is 3. The van der Waals surface area contributed by atoms with Gasteiger partial charge in [-0.2, -0.15) is 0 Å². The third-order valence-electron chi connectivity index (χ3n) is 10.4. The number of rotatable bonds is 8. The smallest absolute Gasteiger partial charge is 0.256 e. The molecule has 47 heavy (non-hydrogen) atoms. The van der Waals surface area contributed by atoms with Crippen molar-refractivity contribution in [2.24, 2.45) is 17.8 Å². The summed E-state index contributed by atoms with van der Waals surface area (Å²) in [4.78, 5) is 47.8. The van der Waals surface area contributed by atoms with Gasteiger partial charge in [-0.3, -0.25) is 14.4 Å². The van der Waals surface area contributed by atoms with Gasteiger partial charge in [-0.25, -0.2) is 0 Å². The van der Waals surface area contributed by atoms with Crippen LogP contribution in [0.5, 0.6) is 0 Å². The van der Waals surface area contributed by atoms with Crippen LogP contribution in [0, 0.1) is 38.5 Å². The summed E-state index contributed by atoms with van der Waals surface area (Å²) in [6.07, 6.45) is 2.20. The van der Waals surface area contributed by atoms with Crippen molar-refractivity contribution in [3.05, 3.63) is 81.1 Å². The molecule has 3 fully saturated rings. The van der Waals surface area contributed by atoms with Crippen LogP contribution in [-0.4, -0.2) is 89.3 Å². The number of nitrogens with zero attached hydrogens (tertiary/aromatic N) is 5. The van der Waals surface area contributed by atoms with Gasteiger partial charge in [-0.1, -0.05) is 29.3 Å². The van der Waals surface area contributed by atoms with Crippen molar-refractivity contribution in [3.63, 3.8) is 0 Å². The molecule has 3 aliphatic heterocycles. The lowest BCUT2D eigenvalue weighted by Gasteiger charge is -2.34. The minimum absolute atomic E-state index is 0.0380. The molecule has 8 nitrogen and oxygen atoms in total. The number of anilines is 1. The first-order valence-corrected chi connectivity index (χ1v) is 17.5. The van der Waals surface area contributed by atoms with Crippen LogP contribution in [-0.2, 0) is 9.59 Å². The number of aromatic nitrogens is 1. The van der Waals surface area contributed by atoms with Crippen LogP contribution in [0.3, 0.4) is 0 Å². The summed E-state index contributed by atoms with van der Waals surface area (Å²) >= 11 is 12.9. The van der Waals surface area contributed by atoms with Crippen molar-refractivity contribution in [3.8, 4) is 5.69 Å². The number of carbonyl (C=O) groups is 3. The summed E-state index contributed by atoms with van der Waals surface area (Å²) in [5.41, 5.74) is 5.49. The predicted octanol–water partition coefficient (Wildman–Crippen LogP) is 6.39. The first kappa shape index (κ1) is 33.6. The average molecular weight is 679 g/mol. The third kappa shape index (κ3) is 7.10. The molecule has 0 aliphatic carbocycles. The van der Waals surface area contributed by atoms with E-state index in [2.05, 4.69) is 35.4 Å². The summed E-state index contributed by atoms with van der Waals surface area (Å²) < 4.78 is 2.12. The molecule has 10 heteroatoms. The minimum atomic E-state index is -0.106. The summed E-state index contributed by atoms with van der Waals surface area (Å²) in [5, 5.41) is 1.22. The molecule has 0 bridgehead atoms. The van der Waals surface area contributed by atoms with Gasteiger partial charge in [-0.05, 0) is 106 Å². The van der Waals surface area contributed by atoms with E-state index >= 15 is 0 Å². The molecule has 4 heterocycles. The van der Waals surface area contributed by atoms with E-state index in [0.29, 0.717) is 59.9 Å². The van der Waals surface area contributed by atoms with E-state index in [-0.39, 0.29) is 23.6 Å². The van der Waals surface area contributed by atoms with Gasteiger partial charge < -0.3 is 24.2 Å². The fourth-order valence-corrected chi connectivity index (χ4v) is 8.11. The van der Waals surface area contributed by atoms with Crippen molar-refractivity contribution in [2.75, 3.05) is 57.3 Å². The zero-order valence-electron chi connectivity index (χ0n) is 27.8. The fourth-order valence-electron chi connectivity index (χ4n) is 7.76. The van der Waals surface area contributed by atoms with Crippen molar-refractivity contribution >= 4 is 46.6 Å². The zero-order valence-corrected chi connectivity index (χ0v) is 29.4. The largest absolute Gasteiger partial charge is 0.343 e. The van der Waals surface area contributed by atoms with Gasteiger partial charge in [0.05, 0.1) is 11.3 Å². The molecule has 1 aromatic heterocycles. The highest BCUT2D eigenvalue weighted by Crippen LogP contribution is 2.34. The van der Waals surface area contributed by atoms with E-state index in [1.807, 2.05) is 52.0 Å². The van der Waals surface area contributed by atoms with E-state index < -0.39 is 0 Å². The summed E-state index contributed by atoms with van der Waals surface area (Å²) in [7, 11) is 0. The maximum Gasteiger partial charge on any atom is 0.256 e. The number of hydrogen-bond acceptors (Lipinski definition) is 4. The van der Waals surface area contributed by atoms with Crippen LogP contribution in [0.2, 0.25) is 10.0 Å². The number of aryl methyl sites for hydroxylation is 3. The lowest BCUT2D eigenvalue weighted by atomic mass is 9.94. The molecule has 3 aliphatic rings. The number of carbonyl (C=O) groups excluding carboxylic acids is 3. The van der Waals surface area contributed by atoms with Gasteiger partial charge in [-0.15, -0.1) is 0 Å². The summed E-state index contributed by atoms with van der Waals surface area (Å²) in [6.45, 7) is 13.8. The molecule has 2 atom stereocenters. The van der Waals surface area contributed by atoms with Crippen molar-refractivity contribution in [1.82, 2.24) is 19.3 Å². The maximum absolute atomic E-state index is 13.9. The number of piperidine rings is 1. The minimum Gasteiger partial charge on any atom is -0.343 e. The number of halogens is 2. The van der Waals surface area contributed by atoms with Crippen LogP contribution in [0.4, 0.5) is 5.69 Å². The first-order chi connectivity index (χ1) is 22.5. The molecule has 250 valence electrons. The molecule has 3 saturated heterocycles. The van der Waals surface area contributed by atoms with Gasteiger partial charge >= 0.3 is 0 Å². The maximum atomic E-state index is 13.9. The first-order valence-electron chi connectivity index (χ1n) is 16.8. The van der Waals surface area contributed by atoms with Crippen molar-refractivity contribution in [2.45, 2.75) is 47.0 Å². The molecule has 0 radical (unpaired) electrons. The fraction of sp³-hybridized carbons (Fsp3) is 0.486. The lowest BCUT2D eigenvalue weighted by Crippen LogP contribution is -2.44. The van der Waals surface area contributed by atoms with Crippen molar-refractivity contribution in [1.29, 1.82) is 0 Å². The molecule has 0 N–H and O–H groups in total. The van der Waals surface area contributed by atoms with Gasteiger partial charge in [0.15, 0.2) is 0 Å². The quantitative estimate of drug-likeness (QED) is 0.277. The average Bonchev–Trinajstić information content (AvgIpc) is 3.73. The van der Waals surface area contributed by atoms with E-state index in [1.54, 1.807) is 13.0 Å². The number of likely N-dealkylation sites (tertiary alicyclic amines) is 3. The molecular weight excluding hydrogens is 633 g/mol. The highest BCUT2D eigenvalue weighted by molar-refractivity contribution is 6.31. The number of fused-ring (bicyclic) bond motifs is 1. The van der Waals surface area contributed by atoms with Crippen LogP contribution >= 0.6 is 23.2 Å². The Labute approximate surface area is 288 Å². The van der Waals surface area contributed by atoms with E-state index in [9.17, 15) is 14.4 Å². The van der Waals surface area contributed by atoms with Crippen molar-refractivity contribution < 1.29 is 14.4 Å². The second kappa shape index (κ2) is 14.0. The van der Waals surface area contributed by atoms with Crippen LogP contribution in [0.15, 0.2) is 48.5 Å². The Kier molecular flexibility index (Phi) is 10.0. The normalized spacial score (nSPS) is 20.1. The molecular formula is C37H45Cl2N5O3. The second-order valence-electron chi connectivity index (χ2n) is 13.7. The Balaban J connectivity index is 1.07. The SMILES string of the molecule is CC(=O)N1CCC(C(=O)N(CCCN2CC3CN(C(=O)c4cc(Cl)ccc4-n4c(C)ccc4C)CC3C2)c2ccc(C)c(Cl)c2)CC1. The van der Waals surface area contributed by atoms with Crippen LogP contribution in [0.25, 0.3) is 5.69 Å². The predicted molar refractivity (Wildman–Crippen MR) is 188 cm³/mol. The van der Waals surface area contributed by atoms with Gasteiger partial charge in [0.1, 0.15) is 0 Å². The molecule has 3 aromatic rings. The topological polar surface area (TPSA) is 69.1 Å². The Morgan fingerprint density at radius 1 is 0.830 bits per heavy atom. The van der Waals surface area contributed by atoms with E-state index in [1.165, 1.54) is 0 Å². The second-order valence-corrected chi connectivity index (χ2v) is 14.5. The van der Waals surface area contributed by atoms with E-state index in [4.69, 9.17) is 23.2 Å². The van der Waals surface area contributed by atoms with Crippen LogP contribution < -0.4 is 4.90 Å². The highest BCUT2D eigenvalue weighted by Gasteiger charge is 2.42. The Bertz CT molecular complexity index is 1630. The van der Waals surface area contributed by atoms with Crippen LogP contribution in [0.1, 0.15) is 53.5 Å². The third-order valence-corrected chi connectivity index (χ3v) is 11.1. The van der Waals surface area contributed by atoms with Gasteiger partial charge in [0, 0.05) is 85.8 Å².